The maximum Gasteiger partial charge on any atom is 0.168 e. The molecule has 0 aliphatic rings. The first-order chi connectivity index (χ1) is 8.58. The standard InChI is InChI=1S/C12H12F3N3/c1-2-3-6-4-7-10(15)8(13)5-9(14)11(7)17-12(6)18-16/h4-5H,2-3,16H2,1H3,(H,17,18). The minimum atomic E-state index is -1.22. The van der Waals surface area contributed by atoms with Crippen LogP contribution in [0.2, 0.25) is 0 Å². The highest BCUT2D eigenvalue weighted by Gasteiger charge is 2.16. The van der Waals surface area contributed by atoms with Gasteiger partial charge in [0.25, 0.3) is 0 Å². The number of pyridine rings is 1. The molecule has 0 spiro atoms. The minimum absolute atomic E-state index is 0.171. The van der Waals surface area contributed by atoms with E-state index in [1.54, 1.807) is 0 Å². The van der Waals surface area contributed by atoms with Crippen molar-refractivity contribution in [2.24, 2.45) is 5.84 Å². The van der Waals surface area contributed by atoms with Crippen LogP contribution in [0.5, 0.6) is 0 Å². The lowest BCUT2D eigenvalue weighted by molar-refractivity contribution is 0.505. The van der Waals surface area contributed by atoms with Crippen molar-refractivity contribution >= 4 is 16.7 Å². The SMILES string of the molecule is CCCc1cc2c(F)c(F)cc(F)c2nc1NN. The number of nitrogens with one attached hydrogen (secondary N) is 1. The number of rotatable bonds is 3. The summed E-state index contributed by atoms with van der Waals surface area (Å²) in [6.07, 6.45) is 1.36. The number of aromatic nitrogens is 1. The highest BCUT2D eigenvalue weighted by Crippen LogP contribution is 2.27. The molecule has 0 aliphatic carbocycles. The van der Waals surface area contributed by atoms with Crippen LogP contribution in [0.4, 0.5) is 19.0 Å². The molecule has 3 N–H and O–H groups in total. The molecule has 0 amide bonds. The number of hydrazine groups is 1. The maximum atomic E-state index is 13.6. The summed E-state index contributed by atoms with van der Waals surface area (Å²) in [5, 5.41) is -0.171. The normalized spacial score (nSPS) is 10.9. The molecule has 1 heterocycles. The third-order valence-electron chi connectivity index (χ3n) is 2.68. The average Bonchev–Trinajstić information content (AvgIpc) is 2.36. The van der Waals surface area contributed by atoms with Gasteiger partial charge >= 0.3 is 0 Å². The number of aryl methyl sites for hydroxylation is 1. The molecule has 6 heteroatoms. The highest BCUT2D eigenvalue weighted by molar-refractivity contribution is 5.83. The predicted octanol–water partition coefficient (Wildman–Crippen LogP) is 2.89. The Hall–Kier alpha value is -1.82. The van der Waals surface area contributed by atoms with E-state index in [0.29, 0.717) is 18.1 Å². The number of halogens is 3. The Kier molecular flexibility index (Phi) is 3.38. The molecule has 0 aliphatic heterocycles. The molecule has 0 unspecified atom stereocenters. The van der Waals surface area contributed by atoms with Gasteiger partial charge in [0, 0.05) is 11.5 Å². The summed E-state index contributed by atoms with van der Waals surface area (Å²) in [7, 11) is 0. The lowest BCUT2D eigenvalue weighted by atomic mass is 10.1. The van der Waals surface area contributed by atoms with Gasteiger partial charge in [-0.1, -0.05) is 13.3 Å². The van der Waals surface area contributed by atoms with Gasteiger partial charge in [0.05, 0.1) is 0 Å². The largest absolute Gasteiger partial charge is 0.308 e. The summed E-state index contributed by atoms with van der Waals surface area (Å²) < 4.78 is 40.3. The van der Waals surface area contributed by atoms with Crippen LogP contribution in [-0.2, 0) is 6.42 Å². The first-order valence-corrected chi connectivity index (χ1v) is 5.52. The maximum absolute atomic E-state index is 13.6. The second-order valence-electron chi connectivity index (χ2n) is 3.94. The molecule has 0 saturated heterocycles. The fourth-order valence-electron chi connectivity index (χ4n) is 1.86. The van der Waals surface area contributed by atoms with E-state index in [-0.39, 0.29) is 16.7 Å². The van der Waals surface area contributed by atoms with Crippen LogP contribution in [0.15, 0.2) is 12.1 Å². The van der Waals surface area contributed by atoms with Crippen molar-refractivity contribution in [1.29, 1.82) is 0 Å². The lowest BCUT2D eigenvalue weighted by Gasteiger charge is -2.10. The van der Waals surface area contributed by atoms with Gasteiger partial charge in [0.15, 0.2) is 17.5 Å². The predicted molar refractivity (Wildman–Crippen MR) is 63.4 cm³/mol. The molecule has 0 saturated carbocycles. The third-order valence-corrected chi connectivity index (χ3v) is 2.68. The molecular formula is C12H12F3N3. The summed E-state index contributed by atoms with van der Waals surface area (Å²) in [6.45, 7) is 1.92. The molecule has 1 aromatic heterocycles. The van der Waals surface area contributed by atoms with E-state index in [1.807, 2.05) is 6.92 Å². The van der Waals surface area contributed by atoms with Gasteiger partial charge in [-0.15, -0.1) is 0 Å². The van der Waals surface area contributed by atoms with Gasteiger partial charge in [-0.2, -0.15) is 0 Å². The van der Waals surface area contributed by atoms with Crippen LogP contribution in [0.1, 0.15) is 18.9 Å². The zero-order valence-corrected chi connectivity index (χ0v) is 9.73. The molecule has 0 bridgehead atoms. The molecule has 18 heavy (non-hydrogen) atoms. The Bertz CT molecular complexity index is 599. The third kappa shape index (κ3) is 1.99. The van der Waals surface area contributed by atoms with Crippen LogP contribution in [0.3, 0.4) is 0 Å². The van der Waals surface area contributed by atoms with Crippen molar-refractivity contribution in [1.82, 2.24) is 4.98 Å². The Morgan fingerprint density at radius 1 is 1.22 bits per heavy atom. The van der Waals surface area contributed by atoms with Crippen LogP contribution in [0.25, 0.3) is 10.9 Å². The Morgan fingerprint density at radius 2 is 1.94 bits per heavy atom. The van der Waals surface area contributed by atoms with Gasteiger partial charge < -0.3 is 5.43 Å². The molecule has 3 nitrogen and oxygen atoms in total. The number of anilines is 1. The van der Waals surface area contributed by atoms with Crippen molar-refractivity contribution in [3.05, 3.63) is 35.1 Å². The second-order valence-corrected chi connectivity index (χ2v) is 3.94. The number of hydrogen-bond acceptors (Lipinski definition) is 3. The number of nitrogens with zero attached hydrogens (tertiary/aromatic N) is 1. The molecule has 0 atom stereocenters. The van der Waals surface area contributed by atoms with E-state index >= 15 is 0 Å². The van der Waals surface area contributed by atoms with E-state index in [0.717, 1.165) is 6.42 Å². The van der Waals surface area contributed by atoms with Gasteiger partial charge in [-0.05, 0) is 18.1 Å². The van der Waals surface area contributed by atoms with E-state index in [2.05, 4.69) is 10.4 Å². The average molecular weight is 255 g/mol. The van der Waals surface area contributed by atoms with E-state index < -0.39 is 17.5 Å². The van der Waals surface area contributed by atoms with Crippen LogP contribution >= 0.6 is 0 Å². The number of nitrogen functional groups attached to an aromatic ring is 1. The molecule has 2 aromatic rings. The van der Waals surface area contributed by atoms with Gasteiger partial charge in [0.1, 0.15) is 11.3 Å². The summed E-state index contributed by atoms with van der Waals surface area (Å²) >= 11 is 0. The Balaban J connectivity index is 2.78. The second kappa shape index (κ2) is 4.81. The fraction of sp³-hybridized carbons (Fsp3) is 0.250. The summed E-state index contributed by atoms with van der Waals surface area (Å²) in [5.41, 5.74) is 2.73. The monoisotopic (exact) mass is 255 g/mol. The van der Waals surface area contributed by atoms with E-state index in [9.17, 15) is 13.2 Å². The first kappa shape index (κ1) is 12.6. The zero-order chi connectivity index (χ0) is 13.3. The zero-order valence-electron chi connectivity index (χ0n) is 9.73. The van der Waals surface area contributed by atoms with Crippen LogP contribution in [0, 0.1) is 17.5 Å². The van der Waals surface area contributed by atoms with E-state index in [1.165, 1.54) is 6.07 Å². The molecule has 0 radical (unpaired) electrons. The summed E-state index contributed by atoms with van der Waals surface area (Å²) in [5.74, 6) is 2.32. The molecule has 1 aromatic carbocycles. The van der Waals surface area contributed by atoms with Crippen molar-refractivity contribution in [2.75, 3.05) is 5.43 Å². The lowest BCUT2D eigenvalue weighted by Crippen LogP contribution is -2.12. The summed E-state index contributed by atoms with van der Waals surface area (Å²) in [4.78, 5) is 3.90. The van der Waals surface area contributed by atoms with Gasteiger partial charge in [0.2, 0.25) is 0 Å². The van der Waals surface area contributed by atoms with Crippen LogP contribution < -0.4 is 11.3 Å². The number of benzene rings is 1. The fourth-order valence-corrected chi connectivity index (χ4v) is 1.86. The van der Waals surface area contributed by atoms with Gasteiger partial charge in [-0.25, -0.2) is 24.0 Å². The molecule has 96 valence electrons. The number of fused-ring (bicyclic) bond motifs is 1. The van der Waals surface area contributed by atoms with Crippen molar-refractivity contribution in [3.8, 4) is 0 Å². The quantitative estimate of drug-likeness (QED) is 0.503. The topological polar surface area (TPSA) is 50.9 Å². The first-order valence-electron chi connectivity index (χ1n) is 5.52. The highest BCUT2D eigenvalue weighted by atomic mass is 19.2. The van der Waals surface area contributed by atoms with Crippen molar-refractivity contribution < 1.29 is 13.2 Å². The minimum Gasteiger partial charge on any atom is -0.308 e. The smallest absolute Gasteiger partial charge is 0.168 e. The molecular weight excluding hydrogens is 243 g/mol. The van der Waals surface area contributed by atoms with E-state index in [4.69, 9.17) is 5.84 Å². The van der Waals surface area contributed by atoms with Gasteiger partial charge in [-0.3, -0.25) is 0 Å². The molecule has 2 rings (SSSR count). The number of nitrogens with two attached hydrogens (primary N) is 1. The molecule has 0 fully saturated rings. The number of hydrogen-bond donors (Lipinski definition) is 2. The van der Waals surface area contributed by atoms with Crippen molar-refractivity contribution in [2.45, 2.75) is 19.8 Å². The van der Waals surface area contributed by atoms with Crippen LogP contribution in [-0.4, -0.2) is 4.98 Å². The Labute approximate surface area is 102 Å². The van der Waals surface area contributed by atoms with Crippen molar-refractivity contribution in [3.63, 3.8) is 0 Å². The summed E-state index contributed by atoms with van der Waals surface area (Å²) in [6, 6.07) is 1.85. The Morgan fingerprint density at radius 3 is 2.56 bits per heavy atom.